The van der Waals surface area contributed by atoms with Crippen LogP contribution in [0.15, 0.2) is 12.5 Å². The fraction of sp³-hybridized carbons (Fsp3) is 0.444. The molecule has 0 fully saturated rings. The van der Waals surface area contributed by atoms with Gasteiger partial charge in [-0.05, 0) is 20.8 Å². The largest absolute Gasteiger partial charge is 0.444 e. The Bertz CT molecular complexity index is 363. The van der Waals surface area contributed by atoms with Crippen LogP contribution >= 0.6 is 11.6 Å². The molecule has 0 spiro atoms. The third-order valence-corrected chi connectivity index (χ3v) is 1.60. The number of aromatic nitrogens is 2. The molecule has 5 nitrogen and oxygen atoms in total. The molecule has 1 aromatic rings. The molecule has 1 aromatic heterocycles. The van der Waals surface area contributed by atoms with Gasteiger partial charge in [0, 0.05) is 0 Å². The summed E-state index contributed by atoms with van der Waals surface area (Å²) in [6, 6.07) is 0. The second kappa shape index (κ2) is 4.44. The van der Waals surface area contributed by atoms with E-state index in [-0.39, 0.29) is 5.15 Å². The molecule has 0 bridgehead atoms. The number of ether oxygens (including phenoxy) is 1. The maximum atomic E-state index is 11.3. The number of halogens is 1. The van der Waals surface area contributed by atoms with E-state index in [0.717, 1.165) is 0 Å². The Morgan fingerprint density at radius 3 is 2.73 bits per heavy atom. The van der Waals surface area contributed by atoms with Gasteiger partial charge in [0.15, 0.2) is 5.15 Å². The van der Waals surface area contributed by atoms with Crippen molar-refractivity contribution in [1.29, 1.82) is 0 Å². The van der Waals surface area contributed by atoms with Gasteiger partial charge in [0.2, 0.25) is 0 Å². The number of amides is 1. The fourth-order valence-corrected chi connectivity index (χ4v) is 0.952. The zero-order valence-electron chi connectivity index (χ0n) is 8.74. The smallest absolute Gasteiger partial charge is 0.412 e. The SMILES string of the molecule is CC(C)(C)OC(=O)Nc1cncnc1Cl. The van der Waals surface area contributed by atoms with Crippen molar-refractivity contribution in [3.8, 4) is 0 Å². The number of hydrogen-bond acceptors (Lipinski definition) is 4. The van der Waals surface area contributed by atoms with Crippen molar-refractivity contribution in [3.63, 3.8) is 0 Å². The molecule has 0 unspecified atom stereocenters. The molecule has 0 atom stereocenters. The lowest BCUT2D eigenvalue weighted by atomic mass is 10.2. The Hall–Kier alpha value is -1.36. The van der Waals surface area contributed by atoms with Crippen molar-refractivity contribution in [1.82, 2.24) is 9.97 Å². The van der Waals surface area contributed by atoms with Crippen molar-refractivity contribution in [2.75, 3.05) is 5.32 Å². The number of rotatable bonds is 1. The van der Waals surface area contributed by atoms with E-state index < -0.39 is 11.7 Å². The molecule has 82 valence electrons. The Morgan fingerprint density at radius 1 is 1.53 bits per heavy atom. The maximum Gasteiger partial charge on any atom is 0.412 e. The van der Waals surface area contributed by atoms with Crippen LogP contribution in [0, 0.1) is 0 Å². The van der Waals surface area contributed by atoms with Crippen LogP contribution in [0.4, 0.5) is 10.5 Å². The van der Waals surface area contributed by atoms with Crippen molar-refractivity contribution in [2.45, 2.75) is 26.4 Å². The predicted molar refractivity (Wildman–Crippen MR) is 56.9 cm³/mol. The van der Waals surface area contributed by atoms with E-state index in [1.165, 1.54) is 12.5 Å². The average molecular weight is 230 g/mol. The van der Waals surface area contributed by atoms with E-state index >= 15 is 0 Å². The fourth-order valence-electron chi connectivity index (χ4n) is 0.812. The summed E-state index contributed by atoms with van der Waals surface area (Å²) in [7, 11) is 0. The molecule has 0 aromatic carbocycles. The van der Waals surface area contributed by atoms with Gasteiger partial charge in [-0.2, -0.15) is 0 Å². The summed E-state index contributed by atoms with van der Waals surface area (Å²) in [6.45, 7) is 5.32. The van der Waals surface area contributed by atoms with Crippen LogP contribution in [-0.2, 0) is 4.74 Å². The number of carbonyl (C=O) groups is 1. The van der Waals surface area contributed by atoms with Gasteiger partial charge in [0.1, 0.15) is 11.9 Å². The average Bonchev–Trinajstić information content (AvgIpc) is 2.05. The standard InChI is InChI=1S/C9H12ClN3O2/c1-9(2,3)15-8(14)13-6-4-11-5-12-7(6)10/h4-5H,1-3H3,(H,13,14). The van der Waals surface area contributed by atoms with Gasteiger partial charge < -0.3 is 4.74 Å². The lowest BCUT2D eigenvalue weighted by Gasteiger charge is -2.19. The molecule has 0 aliphatic carbocycles. The van der Waals surface area contributed by atoms with Crippen molar-refractivity contribution >= 4 is 23.4 Å². The van der Waals surface area contributed by atoms with Gasteiger partial charge in [-0.3, -0.25) is 5.32 Å². The molecule has 0 aliphatic heterocycles. The highest BCUT2D eigenvalue weighted by Crippen LogP contribution is 2.17. The molecule has 0 aliphatic rings. The third-order valence-electron chi connectivity index (χ3n) is 1.30. The first-order valence-electron chi connectivity index (χ1n) is 4.34. The third kappa shape index (κ3) is 4.12. The quantitative estimate of drug-likeness (QED) is 0.752. The van der Waals surface area contributed by atoms with E-state index in [9.17, 15) is 4.79 Å². The summed E-state index contributed by atoms with van der Waals surface area (Å²) in [5, 5.41) is 2.63. The molecule has 1 rings (SSSR count). The lowest BCUT2D eigenvalue weighted by molar-refractivity contribution is 0.0636. The monoisotopic (exact) mass is 229 g/mol. The number of anilines is 1. The topological polar surface area (TPSA) is 64.1 Å². The van der Waals surface area contributed by atoms with Gasteiger partial charge in [0.25, 0.3) is 0 Å². The van der Waals surface area contributed by atoms with Gasteiger partial charge in [-0.25, -0.2) is 14.8 Å². The summed E-state index contributed by atoms with van der Waals surface area (Å²) in [5.74, 6) is 0. The molecule has 1 N–H and O–H groups in total. The highest BCUT2D eigenvalue weighted by Gasteiger charge is 2.17. The summed E-state index contributed by atoms with van der Waals surface area (Å²) >= 11 is 5.72. The van der Waals surface area contributed by atoms with Gasteiger partial charge >= 0.3 is 6.09 Å². The first-order valence-corrected chi connectivity index (χ1v) is 4.72. The summed E-state index contributed by atoms with van der Waals surface area (Å²) in [6.07, 6.45) is 2.11. The summed E-state index contributed by atoms with van der Waals surface area (Å²) < 4.78 is 5.03. The highest BCUT2D eigenvalue weighted by molar-refractivity contribution is 6.32. The minimum atomic E-state index is -0.584. The summed E-state index contributed by atoms with van der Waals surface area (Å²) in [5.41, 5.74) is -0.222. The molecule has 6 heteroatoms. The number of carbonyl (C=O) groups excluding carboxylic acids is 1. The Morgan fingerprint density at radius 2 is 2.20 bits per heavy atom. The van der Waals surface area contributed by atoms with Gasteiger partial charge in [0.05, 0.1) is 11.9 Å². The number of nitrogens with zero attached hydrogens (tertiary/aromatic N) is 2. The first kappa shape index (κ1) is 11.7. The van der Waals surface area contributed by atoms with Crippen LogP contribution in [0.3, 0.4) is 0 Å². The van der Waals surface area contributed by atoms with Crippen LogP contribution in [-0.4, -0.2) is 21.7 Å². The second-order valence-corrected chi connectivity index (χ2v) is 4.21. The van der Waals surface area contributed by atoms with Gasteiger partial charge in [-0.1, -0.05) is 11.6 Å². The Labute approximate surface area is 92.8 Å². The lowest BCUT2D eigenvalue weighted by Crippen LogP contribution is -2.27. The van der Waals surface area contributed by atoms with Crippen molar-refractivity contribution in [2.24, 2.45) is 0 Å². The minimum absolute atomic E-state index is 0.177. The van der Waals surface area contributed by atoms with Crippen LogP contribution in [0.1, 0.15) is 20.8 Å². The van der Waals surface area contributed by atoms with E-state index in [0.29, 0.717) is 5.69 Å². The molecule has 15 heavy (non-hydrogen) atoms. The summed E-state index contributed by atoms with van der Waals surface area (Å²) in [4.78, 5) is 18.8. The van der Waals surface area contributed by atoms with E-state index in [1.807, 2.05) is 0 Å². The zero-order valence-corrected chi connectivity index (χ0v) is 9.50. The van der Waals surface area contributed by atoms with Gasteiger partial charge in [-0.15, -0.1) is 0 Å². The Kier molecular flexibility index (Phi) is 3.47. The molecular formula is C9H12ClN3O2. The first-order chi connectivity index (χ1) is 6.88. The molecule has 0 radical (unpaired) electrons. The van der Waals surface area contributed by atoms with E-state index in [1.54, 1.807) is 20.8 Å². The molecule has 0 saturated carbocycles. The number of nitrogens with one attached hydrogen (secondary N) is 1. The van der Waals surface area contributed by atoms with Crippen LogP contribution in [0.2, 0.25) is 5.15 Å². The van der Waals surface area contributed by atoms with E-state index in [2.05, 4.69) is 15.3 Å². The van der Waals surface area contributed by atoms with Crippen molar-refractivity contribution < 1.29 is 9.53 Å². The molecule has 0 saturated heterocycles. The number of hydrogen-bond donors (Lipinski definition) is 1. The van der Waals surface area contributed by atoms with Crippen molar-refractivity contribution in [3.05, 3.63) is 17.7 Å². The normalized spacial score (nSPS) is 10.9. The predicted octanol–water partition coefficient (Wildman–Crippen LogP) is 2.48. The van der Waals surface area contributed by atoms with Crippen LogP contribution < -0.4 is 5.32 Å². The second-order valence-electron chi connectivity index (χ2n) is 3.85. The van der Waals surface area contributed by atoms with E-state index in [4.69, 9.17) is 16.3 Å². The molecular weight excluding hydrogens is 218 g/mol. The zero-order chi connectivity index (χ0) is 11.5. The maximum absolute atomic E-state index is 11.3. The van der Waals surface area contributed by atoms with Crippen LogP contribution in [0.25, 0.3) is 0 Å². The molecule has 1 amide bonds. The van der Waals surface area contributed by atoms with Crippen LogP contribution in [0.5, 0.6) is 0 Å². The highest BCUT2D eigenvalue weighted by atomic mass is 35.5. The Balaban J connectivity index is 2.64. The minimum Gasteiger partial charge on any atom is -0.444 e. The molecule has 1 heterocycles.